The Morgan fingerprint density at radius 1 is 1.38 bits per heavy atom. The molecular formula is C16H23N3O5. The summed E-state index contributed by atoms with van der Waals surface area (Å²) in [5.74, 6) is -0.457. The molecule has 0 aromatic heterocycles. The van der Waals surface area contributed by atoms with Crippen molar-refractivity contribution in [3.8, 4) is 0 Å². The molecule has 0 radical (unpaired) electrons. The third-order valence-electron chi connectivity index (χ3n) is 3.22. The van der Waals surface area contributed by atoms with Gasteiger partial charge < -0.3 is 15.0 Å². The maximum atomic E-state index is 12.2. The Balaban J connectivity index is 2.65. The summed E-state index contributed by atoms with van der Waals surface area (Å²) < 4.78 is 4.99. The predicted molar refractivity (Wildman–Crippen MR) is 88.7 cm³/mol. The van der Waals surface area contributed by atoms with Gasteiger partial charge in [0.2, 0.25) is 5.91 Å². The van der Waals surface area contributed by atoms with Gasteiger partial charge in [-0.2, -0.15) is 0 Å². The molecule has 8 heteroatoms. The van der Waals surface area contributed by atoms with Gasteiger partial charge in [-0.05, 0) is 12.0 Å². The highest BCUT2D eigenvalue weighted by molar-refractivity contribution is 5.96. The molecule has 0 fully saturated rings. The number of benzene rings is 1. The number of amides is 2. The molecule has 2 amide bonds. The zero-order valence-corrected chi connectivity index (χ0v) is 14.2. The normalized spacial score (nSPS) is 10.5. The SMILES string of the molecule is COCCN(CC(C)C)C(=O)CNC(=O)c1cccc([N+](=O)[O-])c1. The lowest BCUT2D eigenvalue weighted by Crippen LogP contribution is -2.43. The van der Waals surface area contributed by atoms with Crippen LogP contribution >= 0.6 is 0 Å². The van der Waals surface area contributed by atoms with Crippen molar-refractivity contribution < 1.29 is 19.2 Å². The molecule has 1 aromatic carbocycles. The van der Waals surface area contributed by atoms with Gasteiger partial charge in [0.25, 0.3) is 11.6 Å². The Labute approximate surface area is 140 Å². The van der Waals surface area contributed by atoms with Gasteiger partial charge in [0, 0.05) is 37.9 Å². The number of carbonyl (C=O) groups excluding carboxylic acids is 2. The number of hydrogen-bond acceptors (Lipinski definition) is 5. The number of nitro benzene ring substituents is 1. The van der Waals surface area contributed by atoms with Gasteiger partial charge >= 0.3 is 0 Å². The van der Waals surface area contributed by atoms with E-state index in [1.165, 1.54) is 24.3 Å². The van der Waals surface area contributed by atoms with E-state index in [0.717, 1.165) is 0 Å². The largest absolute Gasteiger partial charge is 0.383 e. The summed E-state index contributed by atoms with van der Waals surface area (Å²) in [7, 11) is 1.56. The number of nitrogens with one attached hydrogen (secondary N) is 1. The highest BCUT2D eigenvalue weighted by Gasteiger charge is 2.17. The standard InChI is InChI=1S/C16H23N3O5/c1-12(2)11-18(7-8-24-3)15(20)10-17-16(21)13-5-4-6-14(9-13)19(22)23/h4-6,9,12H,7-8,10-11H2,1-3H3,(H,17,21). The molecule has 1 N–H and O–H groups in total. The van der Waals surface area contributed by atoms with Crippen molar-refractivity contribution in [3.63, 3.8) is 0 Å². The molecule has 0 spiro atoms. The molecule has 0 aliphatic heterocycles. The van der Waals surface area contributed by atoms with E-state index in [4.69, 9.17) is 4.74 Å². The Bertz CT molecular complexity index is 589. The van der Waals surface area contributed by atoms with Gasteiger partial charge in [-0.1, -0.05) is 19.9 Å². The fourth-order valence-electron chi connectivity index (χ4n) is 2.09. The molecule has 24 heavy (non-hydrogen) atoms. The van der Waals surface area contributed by atoms with Crippen LogP contribution in [0, 0.1) is 16.0 Å². The van der Waals surface area contributed by atoms with Gasteiger partial charge in [-0.15, -0.1) is 0 Å². The summed E-state index contributed by atoms with van der Waals surface area (Å²) in [6, 6.07) is 5.37. The number of hydrogen-bond donors (Lipinski definition) is 1. The highest BCUT2D eigenvalue weighted by atomic mass is 16.6. The Morgan fingerprint density at radius 3 is 2.67 bits per heavy atom. The van der Waals surface area contributed by atoms with E-state index in [1.54, 1.807) is 12.0 Å². The van der Waals surface area contributed by atoms with Crippen molar-refractivity contribution in [2.75, 3.05) is 33.4 Å². The minimum atomic E-state index is -0.572. The van der Waals surface area contributed by atoms with E-state index in [9.17, 15) is 19.7 Å². The molecular weight excluding hydrogens is 314 g/mol. The van der Waals surface area contributed by atoms with E-state index < -0.39 is 10.8 Å². The zero-order valence-electron chi connectivity index (χ0n) is 14.2. The van der Waals surface area contributed by atoms with Crippen LogP contribution in [0.2, 0.25) is 0 Å². The molecule has 1 aromatic rings. The number of carbonyl (C=O) groups is 2. The Hall–Kier alpha value is -2.48. The second-order valence-corrected chi connectivity index (χ2v) is 5.72. The van der Waals surface area contributed by atoms with Crippen molar-refractivity contribution in [1.29, 1.82) is 0 Å². The minimum absolute atomic E-state index is 0.143. The summed E-state index contributed by atoms with van der Waals surface area (Å²) in [5, 5.41) is 13.2. The van der Waals surface area contributed by atoms with Crippen LogP contribution in [0.1, 0.15) is 24.2 Å². The van der Waals surface area contributed by atoms with Crippen LogP contribution in [0.4, 0.5) is 5.69 Å². The molecule has 0 unspecified atom stereocenters. The van der Waals surface area contributed by atoms with Crippen LogP contribution in [0.25, 0.3) is 0 Å². The first-order chi connectivity index (χ1) is 11.3. The van der Waals surface area contributed by atoms with Crippen LogP contribution in [0.15, 0.2) is 24.3 Å². The molecule has 0 aliphatic carbocycles. The second kappa shape index (κ2) is 9.61. The minimum Gasteiger partial charge on any atom is -0.383 e. The maximum absolute atomic E-state index is 12.2. The Kier molecular flexibility index (Phi) is 7.84. The highest BCUT2D eigenvalue weighted by Crippen LogP contribution is 2.12. The smallest absolute Gasteiger partial charge is 0.270 e. The molecule has 0 heterocycles. The lowest BCUT2D eigenvalue weighted by molar-refractivity contribution is -0.384. The van der Waals surface area contributed by atoms with Crippen LogP contribution in [-0.4, -0.2) is 55.0 Å². The van der Waals surface area contributed by atoms with E-state index in [1.807, 2.05) is 13.8 Å². The van der Waals surface area contributed by atoms with Crippen molar-refractivity contribution in [2.45, 2.75) is 13.8 Å². The van der Waals surface area contributed by atoms with Gasteiger partial charge in [0.1, 0.15) is 0 Å². The number of ether oxygens (including phenoxy) is 1. The number of methoxy groups -OCH3 is 1. The first-order valence-corrected chi connectivity index (χ1v) is 7.64. The average molecular weight is 337 g/mol. The predicted octanol–water partition coefficient (Wildman–Crippen LogP) is 1.46. The fraction of sp³-hybridized carbons (Fsp3) is 0.500. The summed E-state index contributed by atoms with van der Waals surface area (Å²) in [4.78, 5) is 36.1. The van der Waals surface area contributed by atoms with E-state index >= 15 is 0 Å². The Morgan fingerprint density at radius 2 is 2.08 bits per heavy atom. The molecule has 1 rings (SSSR count). The third-order valence-corrected chi connectivity index (χ3v) is 3.22. The van der Waals surface area contributed by atoms with Crippen molar-refractivity contribution in [2.24, 2.45) is 5.92 Å². The van der Waals surface area contributed by atoms with Crippen molar-refractivity contribution in [1.82, 2.24) is 10.2 Å². The maximum Gasteiger partial charge on any atom is 0.270 e. The summed E-state index contributed by atoms with van der Waals surface area (Å²) >= 11 is 0. The quantitative estimate of drug-likeness (QED) is 0.543. The van der Waals surface area contributed by atoms with E-state index in [2.05, 4.69) is 5.32 Å². The number of nitro groups is 1. The molecule has 0 saturated carbocycles. The molecule has 0 atom stereocenters. The first-order valence-electron chi connectivity index (χ1n) is 7.64. The van der Waals surface area contributed by atoms with Crippen LogP contribution in [0.3, 0.4) is 0 Å². The lowest BCUT2D eigenvalue weighted by atomic mass is 10.2. The van der Waals surface area contributed by atoms with Crippen molar-refractivity contribution >= 4 is 17.5 Å². The lowest BCUT2D eigenvalue weighted by Gasteiger charge is -2.24. The van der Waals surface area contributed by atoms with E-state index in [0.29, 0.717) is 25.6 Å². The summed E-state index contributed by atoms with van der Waals surface area (Å²) in [5.41, 5.74) is -0.0280. The molecule has 132 valence electrons. The van der Waals surface area contributed by atoms with Gasteiger partial charge in [-0.25, -0.2) is 0 Å². The number of nitrogens with zero attached hydrogens (tertiary/aromatic N) is 2. The fourth-order valence-corrected chi connectivity index (χ4v) is 2.09. The van der Waals surface area contributed by atoms with E-state index in [-0.39, 0.29) is 23.7 Å². The topological polar surface area (TPSA) is 102 Å². The number of rotatable bonds is 9. The number of non-ortho nitro benzene ring substituents is 1. The monoisotopic (exact) mass is 337 g/mol. The van der Waals surface area contributed by atoms with Gasteiger partial charge in [0.05, 0.1) is 18.1 Å². The second-order valence-electron chi connectivity index (χ2n) is 5.72. The summed E-state index contributed by atoms with van der Waals surface area (Å²) in [6.45, 7) is 5.24. The summed E-state index contributed by atoms with van der Waals surface area (Å²) in [6.07, 6.45) is 0. The molecule has 0 bridgehead atoms. The van der Waals surface area contributed by atoms with Crippen molar-refractivity contribution in [3.05, 3.63) is 39.9 Å². The molecule has 0 saturated heterocycles. The molecule has 0 aliphatic rings. The van der Waals surface area contributed by atoms with Gasteiger partial charge in [0.15, 0.2) is 0 Å². The first kappa shape index (κ1) is 19.6. The zero-order chi connectivity index (χ0) is 18.1. The molecule has 8 nitrogen and oxygen atoms in total. The average Bonchev–Trinajstić information content (AvgIpc) is 2.55. The van der Waals surface area contributed by atoms with Crippen LogP contribution in [0.5, 0.6) is 0 Å². The third kappa shape index (κ3) is 6.33. The van der Waals surface area contributed by atoms with Crippen LogP contribution < -0.4 is 5.32 Å². The van der Waals surface area contributed by atoms with Gasteiger partial charge in [-0.3, -0.25) is 19.7 Å². The van der Waals surface area contributed by atoms with Crippen LogP contribution in [-0.2, 0) is 9.53 Å².